The normalized spacial score (nSPS) is 23.7. The molecule has 98 valence electrons. The molecule has 0 saturated carbocycles. The van der Waals surface area contributed by atoms with Gasteiger partial charge in [-0.1, -0.05) is 6.07 Å². The summed E-state index contributed by atoms with van der Waals surface area (Å²) in [5, 5.41) is 6.50. The topological polar surface area (TPSA) is 41.1 Å². The van der Waals surface area contributed by atoms with Gasteiger partial charge in [0.25, 0.3) is 5.91 Å². The van der Waals surface area contributed by atoms with E-state index < -0.39 is 0 Å². The number of carbonyl (C=O) groups is 1. The van der Waals surface area contributed by atoms with Crippen molar-refractivity contribution in [1.82, 2.24) is 10.6 Å². The fourth-order valence-electron chi connectivity index (χ4n) is 2.27. The first kappa shape index (κ1) is 13.1. The number of hydrogen-bond donors (Lipinski definition) is 2. The van der Waals surface area contributed by atoms with Crippen LogP contribution in [0.25, 0.3) is 0 Å². The molecular weight excluding hydrogens is 224 g/mol. The summed E-state index contributed by atoms with van der Waals surface area (Å²) in [5.74, 6) is 0.0412. The van der Waals surface area contributed by atoms with Gasteiger partial charge < -0.3 is 10.6 Å². The van der Waals surface area contributed by atoms with Crippen molar-refractivity contribution in [2.24, 2.45) is 0 Å². The first-order valence-electron chi connectivity index (χ1n) is 6.68. The molecule has 1 saturated heterocycles. The number of amides is 1. The van der Waals surface area contributed by atoms with Crippen LogP contribution in [0.1, 0.15) is 41.3 Å². The van der Waals surface area contributed by atoms with E-state index in [2.05, 4.69) is 24.5 Å². The van der Waals surface area contributed by atoms with E-state index in [0.717, 1.165) is 30.5 Å². The van der Waals surface area contributed by atoms with Crippen molar-refractivity contribution in [3.63, 3.8) is 0 Å². The third-order valence-electron chi connectivity index (χ3n) is 3.77. The minimum absolute atomic E-state index is 0.0412. The van der Waals surface area contributed by atoms with Gasteiger partial charge >= 0.3 is 0 Å². The summed E-state index contributed by atoms with van der Waals surface area (Å²) in [5.41, 5.74) is 3.15. The van der Waals surface area contributed by atoms with Crippen LogP contribution in [0.3, 0.4) is 0 Å². The Hall–Kier alpha value is -1.35. The Labute approximate surface area is 109 Å². The van der Waals surface area contributed by atoms with Crippen molar-refractivity contribution in [2.75, 3.05) is 6.54 Å². The average Bonchev–Trinajstić information content (AvgIpc) is 2.35. The number of carbonyl (C=O) groups excluding carboxylic acids is 1. The smallest absolute Gasteiger partial charge is 0.251 e. The van der Waals surface area contributed by atoms with Gasteiger partial charge in [0.2, 0.25) is 0 Å². The third kappa shape index (κ3) is 3.10. The second-order valence-electron chi connectivity index (χ2n) is 5.36. The molecule has 1 heterocycles. The van der Waals surface area contributed by atoms with E-state index in [1.165, 1.54) is 5.56 Å². The molecule has 1 amide bonds. The van der Waals surface area contributed by atoms with Crippen molar-refractivity contribution in [1.29, 1.82) is 0 Å². The lowest BCUT2D eigenvalue weighted by atomic mass is 10.0. The second-order valence-corrected chi connectivity index (χ2v) is 5.36. The zero-order chi connectivity index (χ0) is 13.1. The molecule has 1 aliphatic heterocycles. The highest BCUT2D eigenvalue weighted by Gasteiger charge is 2.19. The van der Waals surface area contributed by atoms with Gasteiger partial charge in [0, 0.05) is 24.2 Å². The summed E-state index contributed by atoms with van der Waals surface area (Å²) in [6.45, 7) is 7.15. The highest BCUT2D eigenvalue weighted by atomic mass is 16.1. The highest BCUT2D eigenvalue weighted by Crippen LogP contribution is 2.12. The van der Waals surface area contributed by atoms with Gasteiger partial charge in [0.1, 0.15) is 0 Å². The van der Waals surface area contributed by atoms with Crippen LogP contribution in [0, 0.1) is 13.8 Å². The first-order chi connectivity index (χ1) is 8.56. The minimum atomic E-state index is 0.0412. The van der Waals surface area contributed by atoms with Gasteiger partial charge in [0.15, 0.2) is 0 Å². The van der Waals surface area contributed by atoms with Crippen molar-refractivity contribution in [3.05, 3.63) is 34.9 Å². The Kier molecular flexibility index (Phi) is 4.02. The molecule has 1 aliphatic rings. The van der Waals surface area contributed by atoms with Crippen molar-refractivity contribution < 1.29 is 4.79 Å². The first-order valence-corrected chi connectivity index (χ1v) is 6.68. The molecule has 2 N–H and O–H groups in total. The van der Waals surface area contributed by atoms with Gasteiger partial charge in [-0.15, -0.1) is 0 Å². The van der Waals surface area contributed by atoms with E-state index in [0.29, 0.717) is 6.04 Å². The maximum Gasteiger partial charge on any atom is 0.251 e. The van der Waals surface area contributed by atoms with Gasteiger partial charge in [0.05, 0.1) is 0 Å². The lowest BCUT2D eigenvalue weighted by Crippen LogP contribution is -2.48. The molecule has 0 aliphatic carbocycles. The summed E-state index contributed by atoms with van der Waals surface area (Å²) in [6, 6.07) is 6.70. The van der Waals surface area contributed by atoms with Gasteiger partial charge in [-0.25, -0.2) is 0 Å². The Morgan fingerprint density at radius 2 is 2.06 bits per heavy atom. The Bertz CT molecular complexity index is 434. The van der Waals surface area contributed by atoms with Crippen molar-refractivity contribution >= 4 is 5.91 Å². The summed E-state index contributed by atoms with van der Waals surface area (Å²) in [7, 11) is 0. The number of hydrogen-bond acceptors (Lipinski definition) is 2. The fourth-order valence-corrected chi connectivity index (χ4v) is 2.27. The molecule has 1 aromatic rings. The lowest BCUT2D eigenvalue weighted by Gasteiger charge is -2.28. The summed E-state index contributed by atoms with van der Waals surface area (Å²) in [4.78, 5) is 12.1. The van der Waals surface area contributed by atoms with Crippen LogP contribution in [0.4, 0.5) is 0 Å². The minimum Gasteiger partial charge on any atom is -0.348 e. The van der Waals surface area contributed by atoms with E-state index in [9.17, 15) is 4.79 Å². The Morgan fingerprint density at radius 3 is 2.67 bits per heavy atom. The average molecular weight is 246 g/mol. The van der Waals surface area contributed by atoms with E-state index in [4.69, 9.17) is 0 Å². The molecular formula is C15H22N2O. The quantitative estimate of drug-likeness (QED) is 0.839. The molecule has 0 bridgehead atoms. The zero-order valence-corrected chi connectivity index (χ0v) is 11.4. The van der Waals surface area contributed by atoms with Crippen LogP contribution in [0.2, 0.25) is 0 Å². The van der Waals surface area contributed by atoms with E-state index in [1.807, 2.05) is 25.1 Å². The fraction of sp³-hybridized carbons (Fsp3) is 0.533. The summed E-state index contributed by atoms with van der Waals surface area (Å²) in [6.07, 6.45) is 2.18. The lowest BCUT2D eigenvalue weighted by molar-refractivity contribution is 0.0927. The molecule has 1 aromatic carbocycles. The van der Waals surface area contributed by atoms with Crippen molar-refractivity contribution in [2.45, 2.75) is 45.7 Å². The number of aryl methyl sites for hydroxylation is 2. The van der Waals surface area contributed by atoms with Crippen LogP contribution in [-0.2, 0) is 0 Å². The number of piperidine rings is 1. The maximum absolute atomic E-state index is 12.1. The Balaban J connectivity index is 1.97. The number of rotatable bonds is 2. The molecule has 0 radical (unpaired) electrons. The summed E-state index contributed by atoms with van der Waals surface area (Å²) < 4.78 is 0. The van der Waals surface area contributed by atoms with Crippen LogP contribution in [-0.4, -0.2) is 24.5 Å². The molecule has 0 spiro atoms. The standard InChI is InChI=1S/C15H22N2O/c1-10-4-6-13(8-11(10)2)15(18)17-14-7-5-12(3)16-9-14/h4,6,8,12,14,16H,5,7,9H2,1-3H3,(H,17,18). The van der Waals surface area contributed by atoms with Crippen LogP contribution in [0.15, 0.2) is 18.2 Å². The molecule has 2 rings (SSSR count). The third-order valence-corrected chi connectivity index (χ3v) is 3.77. The van der Waals surface area contributed by atoms with Crippen molar-refractivity contribution in [3.8, 4) is 0 Å². The number of nitrogens with one attached hydrogen (secondary N) is 2. The molecule has 3 nitrogen and oxygen atoms in total. The van der Waals surface area contributed by atoms with Crippen LogP contribution < -0.4 is 10.6 Å². The van der Waals surface area contributed by atoms with E-state index >= 15 is 0 Å². The molecule has 2 unspecified atom stereocenters. The van der Waals surface area contributed by atoms with Gasteiger partial charge in [-0.3, -0.25) is 4.79 Å². The molecule has 0 aromatic heterocycles. The molecule has 18 heavy (non-hydrogen) atoms. The highest BCUT2D eigenvalue weighted by molar-refractivity contribution is 5.94. The number of benzene rings is 1. The largest absolute Gasteiger partial charge is 0.348 e. The van der Waals surface area contributed by atoms with E-state index in [1.54, 1.807) is 0 Å². The van der Waals surface area contributed by atoms with Gasteiger partial charge in [-0.2, -0.15) is 0 Å². The predicted octanol–water partition coefficient (Wildman–Crippen LogP) is 2.17. The monoisotopic (exact) mass is 246 g/mol. The molecule has 1 fully saturated rings. The maximum atomic E-state index is 12.1. The predicted molar refractivity (Wildman–Crippen MR) is 73.9 cm³/mol. The molecule has 3 heteroatoms. The molecule has 2 atom stereocenters. The SMILES string of the molecule is Cc1ccc(C(=O)NC2CCC(C)NC2)cc1C. The van der Waals surface area contributed by atoms with Gasteiger partial charge in [-0.05, 0) is 56.9 Å². The Morgan fingerprint density at radius 1 is 1.28 bits per heavy atom. The summed E-state index contributed by atoms with van der Waals surface area (Å²) >= 11 is 0. The van der Waals surface area contributed by atoms with Crippen LogP contribution in [0.5, 0.6) is 0 Å². The van der Waals surface area contributed by atoms with E-state index in [-0.39, 0.29) is 11.9 Å². The second kappa shape index (κ2) is 5.53. The van der Waals surface area contributed by atoms with Crippen LogP contribution >= 0.6 is 0 Å². The zero-order valence-electron chi connectivity index (χ0n) is 11.4.